The number of nitrogens with one attached hydrogen (secondary N) is 2. The lowest BCUT2D eigenvalue weighted by molar-refractivity contribution is -0.122. The molecule has 0 spiro atoms. The van der Waals surface area contributed by atoms with Gasteiger partial charge in [-0.2, -0.15) is 5.10 Å². The predicted molar refractivity (Wildman–Crippen MR) is 154 cm³/mol. The fourth-order valence-electron chi connectivity index (χ4n) is 4.17. The number of carbonyl (C=O) groups is 1. The highest BCUT2D eigenvalue weighted by Gasteiger charge is 2.17. The number of hydrogen-bond acceptors (Lipinski definition) is 11. The van der Waals surface area contributed by atoms with E-state index in [1.807, 2.05) is 23.0 Å². The molecular weight excluding hydrogens is 530 g/mol. The number of anilines is 1. The van der Waals surface area contributed by atoms with Crippen molar-refractivity contribution in [3.8, 4) is 11.3 Å². The minimum Gasteiger partial charge on any atom is -0.383 e. The van der Waals surface area contributed by atoms with E-state index in [4.69, 9.17) is 35.5 Å². The number of fused-ring (bicyclic) bond motifs is 2. The Bertz CT molecular complexity index is 1360. The number of aromatic nitrogens is 6. The Morgan fingerprint density at radius 3 is 2.44 bits per heavy atom. The Labute approximate surface area is 238 Å². The van der Waals surface area contributed by atoms with Crippen LogP contribution in [0.25, 0.3) is 33.3 Å². The molecule has 0 atom stereocenters. The zero-order valence-electron chi connectivity index (χ0n) is 23.2. The van der Waals surface area contributed by atoms with Crippen LogP contribution in [0.5, 0.6) is 0 Å². The van der Waals surface area contributed by atoms with Crippen LogP contribution in [-0.2, 0) is 30.3 Å². The van der Waals surface area contributed by atoms with Gasteiger partial charge in [-0.25, -0.2) is 19.6 Å². The average Bonchev–Trinajstić information content (AvgIpc) is 3.60. The van der Waals surface area contributed by atoms with Crippen molar-refractivity contribution < 1.29 is 23.7 Å². The largest absolute Gasteiger partial charge is 0.383 e. The van der Waals surface area contributed by atoms with Gasteiger partial charge in [0, 0.05) is 49.4 Å². The summed E-state index contributed by atoms with van der Waals surface area (Å²) in [7, 11) is 0. The summed E-state index contributed by atoms with van der Waals surface area (Å²) in [5.74, 6) is 0.330. The Kier molecular flexibility index (Phi) is 12.2. The van der Waals surface area contributed by atoms with Crippen molar-refractivity contribution in [3.63, 3.8) is 0 Å². The predicted octanol–water partition coefficient (Wildman–Crippen LogP) is 1.26. The number of hydrogen-bond donors (Lipinski definition) is 4. The first-order valence-electron chi connectivity index (χ1n) is 13.9. The molecule has 0 fully saturated rings. The summed E-state index contributed by atoms with van der Waals surface area (Å²) in [4.78, 5) is 28.3. The Hall–Kier alpha value is -3.69. The number of ether oxygens (including phenoxy) is 4. The van der Waals surface area contributed by atoms with Gasteiger partial charge in [-0.05, 0) is 25.0 Å². The lowest BCUT2D eigenvalue weighted by Crippen LogP contribution is -2.26. The standard InChI is InChI=1S/C27H39N9O5/c28-5-10-39-12-14-41-16-15-40-13-11-38-9-4-22(37)30-6-1-2-8-36-27-23(25(29)33-19-34-27)24(35-36)21-17-20-3-7-31-26(20)32-18-21/h3,7,17-19H,1-2,4-6,8-16,28H2,(H,30,37)(H,31,32)(H2,29,33,34). The van der Waals surface area contributed by atoms with E-state index in [2.05, 4.69) is 25.3 Å². The minimum absolute atomic E-state index is 0.0452. The third-order valence-electron chi connectivity index (χ3n) is 6.20. The van der Waals surface area contributed by atoms with Crippen LogP contribution in [0.15, 0.2) is 30.9 Å². The van der Waals surface area contributed by atoms with Gasteiger partial charge < -0.3 is 40.7 Å². The normalized spacial score (nSPS) is 11.5. The molecule has 4 rings (SSSR count). The quantitative estimate of drug-likeness (QED) is 0.112. The lowest BCUT2D eigenvalue weighted by atomic mass is 10.1. The highest BCUT2D eigenvalue weighted by Crippen LogP contribution is 2.31. The molecular formula is C27H39N9O5. The summed E-state index contributed by atoms with van der Waals surface area (Å²) in [5, 5.41) is 9.42. The molecule has 4 aromatic heterocycles. The van der Waals surface area contributed by atoms with Crippen molar-refractivity contribution in [2.75, 3.05) is 71.7 Å². The van der Waals surface area contributed by atoms with Gasteiger partial charge in [0.1, 0.15) is 23.5 Å². The molecule has 0 unspecified atom stereocenters. The smallest absolute Gasteiger partial charge is 0.222 e. The van der Waals surface area contributed by atoms with Gasteiger partial charge in [0.2, 0.25) is 5.91 Å². The summed E-state index contributed by atoms with van der Waals surface area (Å²) in [6.07, 6.45) is 6.95. The Morgan fingerprint density at radius 1 is 0.951 bits per heavy atom. The molecule has 41 heavy (non-hydrogen) atoms. The summed E-state index contributed by atoms with van der Waals surface area (Å²) >= 11 is 0. The van der Waals surface area contributed by atoms with Crippen LogP contribution >= 0.6 is 0 Å². The molecule has 0 saturated heterocycles. The molecule has 6 N–H and O–H groups in total. The van der Waals surface area contributed by atoms with Gasteiger partial charge >= 0.3 is 0 Å². The highest BCUT2D eigenvalue weighted by atomic mass is 16.6. The van der Waals surface area contributed by atoms with E-state index in [-0.39, 0.29) is 5.91 Å². The van der Waals surface area contributed by atoms with Crippen molar-refractivity contribution in [1.29, 1.82) is 0 Å². The highest BCUT2D eigenvalue weighted by molar-refractivity contribution is 5.99. The van der Waals surface area contributed by atoms with Gasteiger partial charge in [-0.15, -0.1) is 0 Å². The monoisotopic (exact) mass is 569 g/mol. The third kappa shape index (κ3) is 9.16. The maximum Gasteiger partial charge on any atom is 0.222 e. The van der Waals surface area contributed by atoms with Crippen LogP contribution in [-0.4, -0.2) is 102 Å². The Morgan fingerprint density at radius 2 is 1.68 bits per heavy atom. The molecule has 0 aliphatic rings. The first-order valence-corrected chi connectivity index (χ1v) is 13.9. The van der Waals surface area contributed by atoms with Gasteiger partial charge in [0.15, 0.2) is 5.65 Å². The first kappa shape index (κ1) is 30.3. The second-order valence-electron chi connectivity index (χ2n) is 9.21. The van der Waals surface area contributed by atoms with Crippen molar-refractivity contribution in [3.05, 3.63) is 30.9 Å². The zero-order valence-corrected chi connectivity index (χ0v) is 23.2. The second-order valence-corrected chi connectivity index (χ2v) is 9.21. The zero-order chi connectivity index (χ0) is 28.7. The summed E-state index contributed by atoms with van der Waals surface area (Å²) < 4.78 is 23.3. The van der Waals surface area contributed by atoms with Crippen molar-refractivity contribution in [2.45, 2.75) is 25.8 Å². The molecule has 222 valence electrons. The number of aromatic amines is 1. The minimum atomic E-state index is -0.0452. The van der Waals surface area contributed by atoms with E-state index in [1.165, 1.54) is 6.33 Å². The van der Waals surface area contributed by atoms with Crippen LogP contribution in [0.2, 0.25) is 0 Å². The number of unbranched alkanes of at least 4 members (excludes halogenated alkanes) is 1. The molecule has 0 aromatic carbocycles. The number of carbonyl (C=O) groups excluding carboxylic acids is 1. The van der Waals surface area contributed by atoms with Crippen LogP contribution < -0.4 is 16.8 Å². The molecule has 4 aromatic rings. The number of nitrogens with zero attached hydrogens (tertiary/aromatic N) is 5. The van der Waals surface area contributed by atoms with Crippen LogP contribution in [0.4, 0.5) is 5.82 Å². The molecule has 4 heterocycles. The molecule has 0 aliphatic heterocycles. The van der Waals surface area contributed by atoms with Gasteiger partial charge in [0.25, 0.3) is 0 Å². The topological polar surface area (TPSA) is 190 Å². The number of rotatable bonds is 20. The summed E-state index contributed by atoms with van der Waals surface area (Å²) in [6, 6.07) is 3.98. The number of nitrogen functional groups attached to an aromatic ring is 1. The van der Waals surface area contributed by atoms with Crippen molar-refractivity contribution in [1.82, 2.24) is 35.0 Å². The number of nitrogens with two attached hydrogens (primary N) is 2. The summed E-state index contributed by atoms with van der Waals surface area (Å²) in [5.41, 5.74) is 14.6. The van der Waals surface area contributed by atoms with Crippen molar-refractivity contribution in [2.24, 2.45) is 5.73 Å². The van der Waals surface area contributed by atoms with E-state index in [1.54, 1.807) is 6.20 Å². The fraction of sp³-hybridized carbons (Fsp3) is 0.519. The molecule has 0 saturated carbocycles. The van der Waals surface area contributed by atoms with Crippen LogP contribution in [0.1, 0.15) is 19.3 Å². The fourth-order valence-corrected chi connectivity index (χ4v) is 4.17. The second kappa shape index (κ2) is 16.5. The Balaban J connectivity index is 1.10. The molecule has 0 radical (unpaired) electrons. The lowest BCUT2D eigenvalue weighted by Gasteiger charge is -2.08. The summed E-state index contributed by atoms with van der Waals surface area (Å²) in [6.45, 7) is 5.49. The van der Waals surface area contributed by atoms with Crippen LogP contribution in [0.3, 0.4) is 0 Å². The number of H-pyrrole nitrogens is 1. The molecule has 0 bridgehead atoms. The van der Waals surface area contributed by atoms with Crippen molar-refractivity contribution >= 4 is 33.8 Å². The van der Waals surface area contributed by atoms with Crippen LogP contribution in [0, 0.1) is 0 Å². The van der Waals surface area contributed by atoms with E-state index in [9.17, 15) is 4.79 Å². The average molecular weight is 570 g/mol. The third-order valence-corrected chi connectivity index (χ3v) is 6.20. The number of aryl methyl sites for hydroxylation is 1. The molecule has 14 nitrogen and oxygen atoms in total. The number of pyridine rings is 1. The molecule has 0 aliphatic carbocycles. The van der Waals surface area contributed by atoms with E-state index >= 15 is 0 Å². The van der Waals surface area contributed by atoms with Gasteiger partial charge in [-0.3, -0.25) is 4.79 Å². The van der Waals surface area contributed by atoms with E-state index < -0.39 is 0 Å². The SMILES string of the molecule is NCCOCCOCCOCCOCCC(=O)NCCCCn1nc(-c2cnc3[nH]ccc3c2)c2c(N)ncnc21. The first-order chi connectivity index (χ1) is 20.2. The van der Waals surface area contributed by atoms with E-state index in [0.717, 1.165) is 29.4 Å². The van der Waals surface area contributed by atoms with E-state index in [0.29, 0.717) is 101 Å². The molecule has 14 heteroatoms. The maximum absolute atomic E-state index is 12.1. The number of amides is 1. The van der Waals surface area contributed by atoms with Gasteiger partial charge in [-0.1, -0.05) is 0 Å². The van der Waals surface area contributed by atoms with Gasteiger partial charge in [0.05, 0.1) is 58.2 Å². The maximum atomic E-state index is 12.1. The molecule has 1 amide bonds.